The minimum atomic E-state index is -4.00. The van der Waals surface area contributed by atoms with Crippen molar-refractivity contribution in [3.8, 4) is 5.75 Å². The highest BCUT2D eigenvalue weighted by Crippen LogP contribution is 2.29. The topological polar surface area (TPSA) is 75.7 Å². The number of nitrogens with one attached hydrogen (secondary N) is 1. The number of hydrogen-bond donors (Lipinski definition) is 1. The summed E-state index contributed by atoms with van der Waals surface area (Å²) in [6.45, 7) is 5.70. The molecule has 3 aromatic rings. The number of sulfonamides is 1. The van der Waals surface area contributed by atoms with Gasteiger partial charge in [0.2, 0.25) is 5.91 Å². The highest BCUT2D eigenvalue weighted by molar-refractivity contribution is 7.92. The first kappa shape index (κ1) is 24.6. The van der Waals surface area contributed by atoms with Gasteiger partial charge in [-0.2, -0.15) is 0 Å². The van der Waals surface area contributed by atoms with E-state index in [0.717, 1.165) is 21.2 Å². The molecule has 33 heavy (non-hydrogen) atoms. The van der Waals surface area contributed by atoms with Crippen LogP contribution >= 0.6 is 11.6 Å². The smallest absolute Gasteiger partial charge is 0.264 e. The summed E-state index contributed by atoms with van der Waals surface area (Å²) in [6.07, 6.45) is 0. The van der Waals surface area contributed by atoms with Crippen LogP contribution in [0.15, 0.2) is 71.6 Å². The van der Waals surface area contributed by atoms with Gasteiger partial charge in [-0.25, -0.2) is 8.42 Å². The van der Waals surface area contributed by atoms with Crippen LogP contribution in [0, 0.1) is 20.8 Å². The maximum absolute atomic E-state index is 13.5. The number of hydrogen-bond acceptors (Lipinski definition) is 4. The quantitative estimate of drug-likeness (QED) is 0.446. The van der Waals surface area contributed by atoms with E-state index in [1.54, 1.807) is 37.3 Å². The lowest BCUT2D eigenvalue weighted by atomic mass is 10.2. The number of halogens is 1. The fourth-order valence-electron chi connectivity index (χ4n) is 3.24. The van der Waals surface area contributed by atoms with E-state index in [-0.39, 0.29) is 24.6 Å². The summed E-state index contributed by atoms with van der Waals surface area (Å²) in [5.41, 5.74) is 2.97. The molecule has 6 nitrogen and oxygen atoms in total. The van der Waals surface area contributed by atoms with E-state index in [4.69, 9.17) is 16.3 Å². The molecular weight excluding hydrogens is 460 g/mol. The van der Waals surface area contributed by atoms with Gasteiger partial charge in [-0.05, 0) is 62.2 Å². The van der Waals surface area contributed by atoms with Gasteiger partial charge < -0.3 is 10.1 Å². The Balaban J connectivity index is 1.77. The molecule has 1 amide bonds. The van der Waals surface area contributed by atoms with Crippen LogP contribution < -0.4 is 14.4 Å². The molecule has 8 heteroatoms. The fraction of sp³-hybridized carbons (Fsp3) is 0.240. The molecule has 0 radical (unpaired) electrons. The Hall–Kier alpha value is -3.03. The van der Waals surface area contributed by atoms with Crippen LogP contribution in [-0.2, 0) is 14.8 Å². The molecule has 0 aliphatic rings. The van der Waals surface area contributed by atoms with Crippen molar-refractivity contribution in [1.82, 2.24) is 5.32 Å². The first-order valence-electron chi connectivity index (χ1n) is 10.5. The van der Waals surface area contributed by atoms with Crippen molar-refractivity contribution in [1.29, 1.82) is 0 Å². The molecule has 0 heterocycles. The number of nitrogens with zero attached hydrogens (tertiary/aromatic N) is 1. The largest absolute Gasteiger partial charge is 0.491 e. The predicted molar refractivity (Wildman–Crippen MR) is 132 cm³/mol. The molecular formula is C25H27ClN2O4S. The van der Waals surface area contributed by atoms with Gasteiger partial charge in [-0.15, -0.1) is 0 Å². The third kappa shape index (κ3) is 6.27. The minimum absolute atomic E-state index is 0.100. The summed E-state index contributed by atoms with van der Waals surface area (Å²) >= 11 is 6.15. The molecule has 1 N–H and O–H groups in total. The van der Waals surface area contributed by atoms with E-state index < -0.39 is 15.9 Å². The molecule has 0 bridgehead atoms. The van der Waals surface area contributed by atoms with Crippen LogP contribution in [0.1, 0.15) is 16.7 Å². The SMILES string of the molecule is Cc1ccc(S(=O)(=O)N(CC(=O)NCCOc2ccccc2C)c2cc(Cl)ccc2C)cc1. The van der Waals surface area contributed by atoms with Gasteiger partial charge >= 0.3 is 0 Å². The number of aryl methyl sites for hydroxylation is 3. The monoisotopic (exact) mass is 486 g/mol. The van der Waals surface area contributed by atoms with E-state index in [1.807, 2.05) is 38.1 Å². The van der Waals surface area contributed by atoms with Crippen LogP contribution in [0.4, 0.5) is 5.69 Å². The van der Waals surface area contributed by atoms with Gasteiger partial charge in [0.15, 0.2) is 0 Å². The molecule has 0 aliphatic carbocycles. The van der Waals surface area contributed by atoms with Crippen molar-refractivity contribution in [3.05, 3.63) is 88.4 Å². The number of benzene rings is 3. The van der Waals surface area contributed by atoms with Gasteiger partial charge in [0.1, 0.15) is 18.9 Å². The average molecular weight is 487 g/mol. The Morgan fingerprint density at radius 3 is 2.36 bits per heavy atom. The summed E-state index contributed by atoms with van der Waals surface area (Å²) in [7, 11) is -4.00. The third-order valence-electron chi connectivity index (χ3n) is 5.11. The molecule has 0 saturated carbocycles. The van der Waals surface area contributed by atoms with Crippen molar-refractivity contribution < 1.29 is 17.9 Å². The minimum Gasteiger partial charge on any atom is -0.491 e. The van der Waals surface area contributed by atoms with Crippen LogP contribution in [0.5, 0.6) is 5.75 Å². The summed E-state index contributed by atoms with van der Waals surface area (Å²) in [5, 5.41) is 3.12. The summed E-state index contributed by atoms with van der Waals surface area (Å²) in [4.78, 5) is 12.8. The lowest BCUT2D eigenvalue weighted by Gasteiger charge is -2.26. The van der Waals surface area contributed by atoms with Gasteiger partial charge in [0.05, 0.1) is 17.1 Å². The van der Waals surface area contributed by atoms with E-state index in [1.165, 1.54) is 12.1 Å². The highest BCUT2D eigenvalue weighted by atomic mass is 35.5. The number of carbonyl (C=O) groups excluding carboxylic acids is 1. The zero-order chi connectivity index (χ0) is 24.0. The number of ether oxygens (including phenoxy) is 1. The zero-order valence-corrected chi connectivity index (χ0v) is 20.4. The van der Waals surface area contributed by atoms with Gasteiger partial charge in [-0.3, -0.25) is 9.10 Å². The standard InChI is InChI=1S/C25H27ClN2O4S/c1-18-8-12-22(13-9-18)33(30,31)28(23-16-21(26)11-10-19(23)2)17-25(29)27-14-15-32-24-7-5-4-6-20(24)3/h4-13,16H,14-15,17H2,1-3H3,(H,27,29). The van der Waals surface area contributed by atoms with Crippen molar-refractivity contribution in [3.63, 3.8) is 0 Å². The number of amides is 1. The normalized spacial score (nSPS) is 11.2. The van der Waals surface area contributed by atoms with Gasteiger partial charge in [0.25, 0.3) is 10.0 Å². The Bertz CT molecular complexity index is 1230. The molecule has 3 aromatic carbocycles. The third-order valence-corrected chi connectivity index (χ3v) is 7.12. The molecule has 0 fully saturated rings. The van der Waals surface area contributed by atoms with Crippen molar-refractivity contribution >= 4 is 33.2 Å². The maximum Gasteiger partial charge on any atom is 0.264 e. The molecule has 0 aromatic heterocycles. The van der Waals surface area contributed by atoms with Crippen molar-refractivity contribution in [2.75, 3.05) is 24.0 Å². The van der Waals surface area contributed by atoms with E-state index in [0.29, 0.717) is 16.3 Å². The lowest BCUT2D eigenvalue weighted by molar-refractivity contribution is -0.119. The molecule has 174 valence electrons. The van der Waals surface area contributed by atoms with Crippen LogP contribution in [-0.4, -0.2) is 34.0 Å². The average Bonchev–Trinajstić information content (AvgIpc) is 2.78. The number of carbonyl (C=O) groups is 1. The number of para-hydroxylation sites is 1. The zero-order valence-electron chi connectivity index (χ0n) is 18.8. The molecule has 0 spiro atoms. The van der Waals surface area contributed by atoms with E-state index >= 15 is 0 Å². The first-order chi connectivity index (χ1) is 15.7. The van der Waals surface area contributed by atoms with Crippen LogP contribution in [0.25, 0.3) is 0 Å². The molecule has 0 aliphatic heterocycles. The Labute approximate surface area is 200 Å². The lowest BCUT2D eigenvalue weighted by Crippen LogP contribution is -2.42. The number of rotatable bonds is 9. The first-order valence-corrected chi connectivity index (χ1v) is 12.3. The molecule has 0 saturated heterocycles. The molecule has 0 unspecified atom stereocenters. The van der Waals surface area contributed by atoms with E-state index in [9.17, 15) is 13.2 Å². The highest BCUT2D eigenvalue weighted by Gasteiger charge is 2.28. The van der Waals surface area contributed by atoms with Crippen LogP contribution in [0.3, 0.4) is 0 Å². The maximum atomic E-state index is 13.5. The second kappa shape index (κ2) is 10.7. The van der Waals surface area contributed by atoms with E-state index in [2.05, 4.69) is 5.32 Å². The Morgan fingerprint density at radius 2 is 1.67 bits per heavy atom. The summed E-state index contributed by atoms with van der Waals surface area (Å²) in [6, 6.07) is 19.1. The second-order valence-corrected chi connectivity index (χ2v) is 10.0. The second-order valence-electron chi connectivity index (χ2n) is 7.72. The Kier molecular flexibility index (Phi) is 8.00. The number of anilines is 1. The van der Waals surface area contributed by atoms with Crippen molar-refractivity contribution in [2.24, 2.45) is 0 Å². The molecule has 0 atom stereocenters. The Morgan fingerprint density at radius 1 is 0.970 bits per heavy atom. The summed E-state index contributed by atoms with van der Waals surface area (Å²) < 4.78 is 33.7. The van der Waals surface area contributed by atoms with Crippen molar-refractivity contribution in [2.45, 2.75) is 25.7 Å². The summed E-state index contributed by atoms with van der Waals surface area (Å²) in [5.74, 6) is 0.295. The van der Waals surface area contributed by atoms with Crippen LogP contribution in [0.2, 0.25) is 5.02 Å². The fourth-order valence-corrected chi connectivity index (χ4v) is 4.89. The predicted octanol–water partition coefficient (Wildman–Crippen LogP) is 4.66. The van der Waals surface area contributed by atoms with Gasteiger partial charge in [-0.1, -0.05) is 53.6 Å². The molecule has 3 rings (SSSR count). The van der Waals surface area contributed by atoms with Gasteiger partial charge in [0, 0.05) is 5.02 Å².